The van der Waals surface area contributed by atoms with Crippen molar-refractivity contribution < 1.29 is 14.7 Å². The molecule has 108 valence electrons. The van der Waals surface area contributed by atoms with Crippen LogP contribution in [0.1, 0.15) is 10.4 Å². The van der Waals surface area contributed by atoms with Crippen molar-refractivity contribution in [3.8, 4) is 0 Å². The summed E-state index contributed by atoms with van der Waals surface area (Å²) in [5.41, 5.74) is 1.09. The van der Waals surface area contributed by atoms with Crippen LogP contribution in [0.25, 0.3) is 0 Å². The van der Waals surface area contributed by atoms with Gasteiger partial charge in [-0.15, -0.1) is 0 Å². The molecule has 2 aromatic rings. The van der Waals surface area contributed by atoms with Gasteiger partial charge in [-0.1, -0.05) is 27.5 Å². The fourth-order valence-corrected chi connectivity index (χ4v) is 2.10. The van der Waals surface area contributed by atoms with Crippen molar-refractivity contribution in [2.24, 2.45) is 0 Å². The summed E-state index contributed by atoms with van der Waals surface area (Å²) in [6.07, 6.45) is 0. The molecule has 3 N–H and O–H groups in total. The summed E-state index contributed by atoms with van der Waals surface area (Å²) in [5, 5.41) is 14.4. The molecule has 5 nitrogen and oxygen atoms in total. The first-order chi connectivity index (χ1) is 9.95. The maximum absolute atomic E-state index is 11.9. The molecule has 0 saturated heterocycles. The van der Waals surface area contributed by atoms with Crippen LogP contribution in [0.2, 0.25) is 5.02 Å². The van der Waals surface area contributed by atoms with E-state index in [1.54, 1.807) is 18.2 Å². The van der Waals surface area contributed by atoms with Gasteiger partial charge in [-0.2, -0.15) is 0 Å². The van der Waals surface area contributed by atoms with Crippen LogP contribution in [0.5, 0.6) is 0 Å². The van der Waals surface area contributed by atoms with Crippen LogP contribution >= 0.6 is 27.5 Å². The maximum Gasteiger partial charge on any atom is 0.335 e. The van der Waals surface area contributed by atoms with E-state index < -0.39 is 12.0 Å². The number of urea groups is 1. The van der Waals surface area contributed by atoms with E-state index >= 15 is 0 Å². The van der Waals surface area contributed by atoms with Gasteiger partial charge in [-0.3, -0.25) is 0 Å². The molecule has 21 heavy (non-hydrogen) atoms. The number of carboxylic acid groups (broad SMARTS) is 1. The first-order valence-corrected chi connectivity index (χ1v) is 6.99. The van der Waals surface area contributed by atoms with Gasteiger partial charge in [0.05, 0.1) is 16.3 Å². The Labute approximate surface area is 134 Å². The molecule has 0 spiro atoms. The molecule has 0 atom stereocenters. The van der Waals surface area contributed by atoms with Crippen molar-refractivity contribution in [2.75, 3.05) is 10.6 Å². The third-order valence-corrected chi connectivity index (χ3v) is 3.39. The van der Waals surface area contributed by atoms with Crippen LogP contribution in [0.3, 0.4) is 0 Å². The Balaban J connectivity index is 2.04. The molecule has 0 aromatic heterocycles. The molecule has 0 fully saturated rings. The fraction of sp³-hybridized carbons (Fsp3) is 0. The molecule has 0 aliphatic carbocycles. The van der Waals surface area contributed by atoms with Gasteiger partial charge in [-0.25, -0.2) is 9.59 Å². The number of aromatic carboxylic acids is 1. The highest BCUT2D eigenvalue weighted by Gasteiger charge is 2.07. The van der Waals surface area contributed by atoms with E-state index in [1.807, 2.05) is 0 Å². The number of halogens is 2. The molecule has 2 aromatic carbocycles. The third kappa shape index (κ3) is 4.21. The van der Waals surface area contributed by atoms with Gasteiger partial charge < -0.3 is 15.7 Å². The van der Waals surface area contributed by atoms with Crippen LogP contribution in [-0.4, -0.2) is 17.1 Å². The van der Waals surface area contributed by atoms with Crippen LogP contribution < -0.4 is 10.6 Å². The summed E-state index contributed by atoms with van der Waals surface area (Å²) < 4.78 is 0.785. The second-order valence-corrected chi connectivity index (χ2v) is 5.41. The van der Waals surface area contributed by atoms with Gasteiger partial charge in [-0.05, 0) is 42.5 Å². The smallest absolute Gasteiger partial charge is 0.335 e. The summed E-state index contributed by atoms with van der Waals surface area (Å²) in [4.78, 5) is 22.6. The lowest BCUT2D eigenvalue weighted by atomic mass is 10.2. The van der Waals surface area contributed by atoms with Gasteiger partial charge in [0.2, 0.25) is 0 Å². The molecule has 2 rings (SSSR count). The molecule has 0 unspecified atom stereocenters. The van der Waals surface area contributed by atoms with E-state index in [2.05, 4.69) is 26.6 Å². The number of carbonyl (C=O) groups is 2. The minimum Gasteiger partial charge on any atom is -0.478 e. The molecule has 0 aliphatic heterocycles. The molecule has 0 aliphatic rings. The van der Waals surface area contributed by atoms with E-state index in [4.69, 9.17) is 16.7 Å². The van der Waals surface area contributed by atoms with Crippen molar-refractivity contribution in [2.45, 2.75) is 0 Å². The average Bonchev–Trinajstić information content (AvgIpc) is 2.43. The Morgan fingerprint density at radius 2 is 1.71 bits per heavy atom. The zero-order chi connectivity index (χ0) is 15.4. The summed E-state index contributed by atoms with van der Waals surface area (Å²) in [7, 11) is 0. The fourth-order valence-electron chi connectivity index (χ4n) is 1.57. The number of amides is 2. The number of nitrogens with one attached hydrogen (secondary N) is 2. The van der Waals surface area contributed by atoms with Crippen LogP contribution in [0, 0.1) is 0 Å². The lowest BCUT2D eigenvalue weighted by Crippen LogP contribution is -2.19. The second-order valence-electron chi connectivity index (χ2n) is 4.09. The van der Waals surface area contributed by atoms with Gasteiger partial charge in [0.1, 0.15) is 0 Å². The minimum absolute atomic E-state index is 0.149. The first-order valence-electron chi connectivity index (χ1n) is 5.82. The van der Waals surface area contributed by atoms with Crippen molar-refractivity contribution >= 4 is 50.9 Å². The van der Waals surface area contributed by atoms with Gasteiger partial charge in [0, 0.05) is 10.2 Å². The molecule has 0 heterocycles. The van der Waals surface area contributed by atoms with Crippen molar-refractivity contribution in [1.82, 2.24) is 0 Å². The quantitative estimate of drug-likeness (QED) is 0.748. The van der Waals surface area contributed by atoms with E-state index in [0.29, 0.717) is 16.4 Å². The predicted octanol–water partition coefficient (Wildman–Crippen LogP) is 4.44. The maximum atomic E-state index is 11.9. The normalized spacial score (nSPS) is 10.0. The molecule has 2 amide bonds. The molecule has 7 heteroatoms. The van der Waals surface area contributed by atoms with Crippen LogP contribution in [0.4, 0.5) is 16.2 Å². The van der Waals surface area contributed by atoms with Gasteiger partial charge >= 0.3 is 12.0 Å². The lowest BCUT2D eigenvalue weighted by Gasteiger charge is -2.09. The molecule has 0 saturated carbocycles. The predicted molar refractivity (Wildman–Crippen MR) is 85.2 cm³/mol. The summed E-state index contributed by atoms with van der Waals surface area (Å²) >= 11 is 9.26. The number of hydrogen-bond acceptors (Lipinski definition) is 2. The topological polar surface area (TPSA) is 78.4 Å². The Morgan fingerprint density at radius 1 is 1.05 bits per heavy atom. The van der Waals surface area contributed by atoms with E-state index in [9.17, 15) is 9.59 Å². The van der Waals surface area contributed by atoms with Gasteiger partial charge in [0.25, 0.3) is 0 Å². The molecular weight excluding hydrogens is 360 g/mol. The van der Waals surface area contributed by atoms with Crippen LogP contribution in [0.15, 0.2) is 46.9 Å². The number of hydrogen-bond donors (Lipinski definition) is 3. The summed E-state index contributed by atoms with van der Waals surface area (Å²) in [5.74, 6) is -1.02. The first kappa shape index (κ1) is 15.3. The highest BCUT2D eigenvalue weighted by molar-refractivity contribution is 9.10. The average molecular weight is 370 g/mol. The lowest BCUT2D eigenvalue weighted by molar-refractivity contribution is 0.0697. The summed E-state index contributed by atoms with van der Waals surface area (Å²) in [6, 6.07) is 10.4. The number of carboxylic acids is 1. The Kier molecular flexibility index (Phi) is 4.82. The number of anilines is 2. The number of benzene rings is 2. The molecule has 0 bridgehead atoms. The van der Waals surface area contributed by atoms with Crippen molar-refractivity contribution in [3.63, 3.8) is 0 Å². The SMILES string of the molecule is O=C(Nc1ccc(C(=O)O)cc1)Nc1cc(Br)ccc1Cl. The Bertz CT molecular complexity index is 689. The second kappa shape index (κ2) is 6.60. The summed E-state index contributed by atoms with van der Waals surface area (Å²) in [6.45, 7) is 0. The monoisotopic (exact) mass is 368 g/mol. The Hall–Kier alpha value is -2.05. The zero-order valence-electron chi connectivity index (χ0n) is 10.6. The standard InChI is InChI=1S/C14H10BrClN2O3/c15-9-3-6-11(16)12(7-9)18-14(21)17-10-4-1-8(2-5-10)13(19)20/h1-7H,(H,19,20)(H2,17,18,21). The largest absolute Gasteiger partial charge is 0.478 e. The highest BCUT2D eigenvalue weighted by Crippen LogP contribution is 2.25. The molecular formula is C14H10BrClN2O3. The van der Waals surface area contributed by atoms with Crippen molar-refractivity contribution in [3.05, 3.63) is 57.5 Å². The minimum atomic E-state index is -1.02. The van der Waals surface area contributed by atoms with E-state index in [1.165, 1.54) is 24.3 Å². The number of carbonyl (C=O) groups excluding carboxylic acids is 1. The van der Waals surface area contributed by atoms with E-state index in [-0.39, 0.29) is 5.56 Å². The third-order valence-electron chi connectivity index (χ3n) is 2.57. The number of rotatable bonds is 3. The molecule has 0 radical (unpaired) electrons. The van der Waals surface area contributed by atoms with E-state index in [0.717, 1.165) is 4.47 Å². The highest BCUT2D eigenvalue weighted by atomic mass is 79.9. The zero-order valence-corrected chi connectivity index (χ0v) is 12.9. The Morgan fingerprint density at radius 3 is 2.33 bits per heavy atom. The van der Waals surface area contributed by atoms with Crippen molar-refractivity contribution in [1.29, 1.82) is 0 Å². The van der Waals surface area contributed by atoms with Crippen LogP contribution in [-0.2, 0) is 0 Å². The van der Waals surface area contributed by atoms with Gasteiger partial charge in [0.15, 0.2) is 0 Å².